The van der Waals surface area contributed by atoms with Gasteiger partial charge in [0.1, 0.15) is 11.6 Å². The predicted octanol–water partition coefficient (Wildman–Crippen LogP) is 2.08. The smallest absolute Gasteiger partial charge is 0.246 e. The maximum atomic E-state index is 12.8. The van der Waals surface area contributed by atoms with Crippen molar-refractivity contribution in [2.75, 3.05) is 0 Å². The molecule has 1 saturated carbocycles. The van der Waals surface area contributed by atoms with Gasteiger partial charge in [0.25, 0.3) is 0 Å². The van der Waals surface area contributed by atoms with Crippen molar-refractivity contribution in [3.63, 3.8) is 0 Å². The van der Waals surface area contributed by atoms with Gasteiger partial charge in [0.15, 0.2) is 0 Å². The summed E-state index contributed by atoms with van der Waals surface area (Å²) in [7, 11) is 0. The molecule has 2 rings (SSSR count). The van der Waals surface area contributed by atoms with Crippen LogP contribution in [0.5, 0.6) is 0 Å². The molecule has 0 radical (unpaired) electrons. The van der Waals surface area contributed by atoms with Crippen LogP contribution in [0.2, 0.25) is 0 Å². The fourth-order valence-corrected chi connectivity index (χ4v) is 3.61. The molecule has 0 aromatic heterocycles. The molecular formula is C15H26N2O2. The lowest BCUT2D eigenvalue weighted by Crippen LogP contribution is -2.72. The normalized spacial score (nSPS) is 28.1. The molecule has 1 heterocycles. The van der Waals surface area contributed by atoms with E-state index in [1.807, 2.05) is 25.7 Å². The van der Waals surface area contributed by atoms with Crippen molar-refractivity contribution >= 4 is 11.8 Å². The first-order valence-corrected chi connectivity index (χ1v) is 7.58. The van der Waals surface area contributed by atoms with Gasteiger partial charge in [-0.3, -0.25) is 9.59 Å². The lowest BCUT2D eigenvalue weighted by molar-refractivity contribution is -0.161. The first kappa shape index (κ1) is 14.4. The van der Waals surface area contributed by atoms with Crippen molar-refractivity contribution in [2.24, 2.45) is 5.92 Å². The van der Waals surface area contributed by atoms with Gasteiger partial charge < -0.3 is 10.2 Å². The summed E-state index contributed by atoms with van der Waals surface area (Å²) in [5.41, 5.74) is -0.560. The van der Waals surface area contributed by atoms with Crippen LogP contribution in [0.15, 0.2) is 0 Å². The summed E-state index contributed by atoms with van der Waals surface area (Å²) >= 11 is 0. The van der Waals surface area contributed by atoms with Gasteiger partial charge >= 0.3 is 0 Å². The molecule has 0 aromatic rings. The molecule has 1 spiro atoms. The molecular weight excluding hydrogens is 240 g/mol. The predicted molar refractivity (Wildman–Crippen MR) is 74.6 cm³/mol. The Morgan fingerprint density at radius 1 is 1.26 bits per heavy atom. The topological polar surface area (TPSA) is 49.4 Å². The van der Waals surface area contributed by atoms with Crippen LogP contribution in [-0.4, -0.2) is 34.3 Å². The van der Waals surface area contributed by atoms with Crippen molar-refractivity contribution in [3.05, 3.63) is 0 Å². The summed E-state index contributed by atoms with van der Waals surface area (Å²) in [6.45, 7) is 8.13. The van der Waals surface area contributed by atoms with E-state index >= 15 is 0 Å². The van der Waals surface area contributed by atoms with Crippen LogP contribution >= 0.6 is 0 Å². The zero-order valence-electron chi connectivity index (χ0n) is 12.5. The van der Waals surface area contributed by atoms with E-state index in [0.29, 0.717) is 0 Å². The van der Waals surface area contributed by atoms with E-state index in [9.17, 15) is 9.59 Å². The minimum Gasteiger partial charge on any atom is -0.342 e. The molecule has 0 bridgehead atoms. The third-order valence-electron chi connectivity index (χ3n) is 4.83. The van der Waals surface area contributed by atoms with Crippen molar-refractivity contribution in [3.8, 4) is 0 Å². The highest BCUT2D eigenvalue weighted by Gasteiger charge is 2.55. The number of piperazine rings is 1. The largest absolute Gasteiger partial charge is 0.342 e. The molecule has 1 aliphatic heterocycles. The number of nitrogens with zero attached hydrogens (tertiary/aromatic N) is 1. The average Bonchev–Trinajstić information content (AvgIpc) is 2.83. The Morgan fingerprint density at radius 2 is 1.84 bits per heavy atom. The maximum Gasteiger partial charge on any atom is 0.246 e. The highest BCUT2D eigenvalue weighted by Crippen LogP contribution is 2.40. The third kappa shape index (κ3) is 2.15. The fraction of sp³-hybridized carbons (Fsp3) is 0.867. The number of carbonyl (C=O) groups excluding carboxylic acids is 2. The Labute approximate surface area is 115 Å². The Bertz CT molecular complexity index is 372. The summed E-state index contributed by atoms with van der Waals surface area (Å²) in [5, 5.41) is 3.00. The minimum absolute atomic E-state index is 0.0728. The Balaban J connectivity index is 2.35. The summed E-state index contributed by atoms with van der Waals surface area (Å²) < 4.78 is 0. The third-order valence-corrected chi connectivity index (χ3v) is 4.83. The molecule has 0 aromatic carbocycles. The number of amides is 2. The molecule has 108 valence electrons. The minimum atomic E-state index is -0.560. The van der Waals surface area contributed by atoms with Crippen LogP contribution in [-0.2, 0) is 9.59 Å². The molecule has 1 N–H and O–H groups in total. The van der Waals surface area contributed by atoms with Crippen molar-refractivity contribution in [1.29, 1.82) is 0 Å². The second-order valence-corrected chi connectivity index (χ2v) is 6.38. The van der Waals surface area contributed by atoms with Gasteiger partial charge in [0, 0.05) is 6.04 Å². The van der Waals surface area contributed by atoms with Crippen LogP contribution in [0, 0.1) is 5.92 Å². The highest BCUT2D eigenvalue weighted by molar-refractivity contribution is 6.00. The van der Waals surface area contributed by atoms with Crippen LogP contribution in [0.4, 0.5) is 0 Å². The van der Waals surface area contributed by atoms with Gasteiger partial charge in [0.05, 0.1) is 0 Å². The molecule has 2 unspecified atom stereocenters. The lowest BCUT2D eigenvalue weighted by atomic mass is 9.85. The van der Waals surface area contributed by atoms with E-state index in [-0.39, 0.29) is 29.8 Å². The summed E-state index contributed by atoms with van der Waals surface area (Å²) in [6.07, 6.45) is 4.61. The molecule has 2 atom stereocenters. The molecule has 19 heavy (non-hydrogen) atoms. The monoisotopic (exact) mass is 266 g/mol. The number of carbonyl (C=O) groups is 2. The molecule has 2 fully saturated rings. The molecule has 1 aliphatic carbocycles. The average molecular weight is 266 g/mol. The molecule has 4 nitrogen and oxygen atoms in total. The quantitative estimate of drug-likeness (QED) is 0.850. The van der Waals surface area contributed by atoms with E-state index in [4.69, 9.17) is 0 Å². The second-order valence-electron chi connectivity index (χ2n) is 6.38. The van der Waals surface area contributed by atoms with Crippen LogP contribution in [0.25, 0.3) is 0 Å². The van der Waals surface area contributed by atoms with E-state index in [1.165, 1.54) is 0 Å². The summed E-state index contributed by atoms with van der Waals surface area (Å²) in [5.74, 6) is 0.380. The zero-order chi connectivity index (χ0) is 14.2. The Morgan fingerprint density at radius 3 is 2.32 bits per heavy atom. The van der Waals surface area contributed by atoms with Gasteiger partial charge in [0.2, 0.25) is 11.8 Å². The number of hydrogen-bond donors (Lipinski definition) is 1. The number of nitrogens with one attached hydrogen (secondary N) is 1. The van der Waals surface area contributed by atoms with E-state index in [1.54, 1.807) is 0 Å². The van der Waals surface area contributed by atoms with Gasteiger partial charge in [-0.2, -0.15) is 0 Å². The van der Waals surface area contributed by atoms with Crippen LogP contribution in [0.1, 0.15) is 59.8 Å². The maximum absolute atomic E-state index is 12.8. The number of hydrogen-bond acceptors (Lipinski definition) is 2. The molecule has 2 amide bonds. The van der Waals surface area contributed by atoms with Crippen LogP contribution in [0.3, 0.4) is 0 Å². The van der Waals surface area contributed by atoms with Gasteiger partial charge in [-0.05, 0) is 32.6 Å². The van der Waals surface area contributed by atoms with Gasteiger partial charge in [-0.1, -0.05) is 33.1 Å². The second kappa shape index (κ2) is 5.14. The van der Waals surface area contributed by atoms with Gasteiger partial charge in [-0.15, -0.1) is 0 Å². The van der Waals surface area contributed by atoms with Crippen molar-refractivity contribution in [2.45, 2.75) is 77.4 Å². The van der Waals surface area contributed by atoms with Crippen LogP contribution < -0.4 is 5.32 Å². The van der Waals surface area contributed by atoms with E-state index < -0.39 is 5.54 Å². The number of rotatable bonds is 3. The Hall–Kier alpha value is -1.06. The SMILES string of the molecule is CCC(C)C1NC(=O)C2(CCCC2)N(C(C)C)C1=O. The molecule has 2 aliphatic rings. The first-order valence-electron chi connectivity index (χ1n) is 7.58. The fourth-order valence-electron chi connectivity index (χ4n) is 3.61. The molecule has 4 heteroatoms. The summed E-state index contributed by atoms with van der Waals surface area (Å²) in [6, 6.07) is -0.255. The van der Waals surface area contributed by atoms with Crippen molar-refractivity contribution < 1.29 is 9.59 Å². The zero-order valence-corrected chi connectivity index (χ0v) is 12.5. The summed E-state index contributed by atoms with van der Waals surface area (Å²) in [4.78, 5) is 27.3. The standard InChI is InChI=1S/C15H26N2O2/c1-5-11(4)12-13(18)17(10(2)3)15(14(19)16-12)8-6-7-9-15/h10-12H,5-9H2,1-4H3,(H,16,19). The van der Waals surface area contributed by atoms with Gasteiger partial charge in [-0.25, -0.2) is 0 Å². The van der Waals surface area contributed by atoms with E-state index in [0.717, 1.165) is 32.1 Å². The molecule has 1 saturated heterocycles. The van der Waals surface area contributed by atoms with Crippen molar-refractivity contribution in [1.82, 2.24) is 10.2 Å². The Kier molecular flexibility index (Phi) is 3.88. The highest BCUT2D eigenvalue weighted by atomic mass is 16.2. The first-order chi connectivity index (χ1) is 8.94. The van der Waals surface area contributed by atoms with E-state index in [2.05, 4.69) is 12.2 Å². The lowest BCUT2D eigenvalue weighted by Gasteiger charge is -2.49.